The van der Waals surface area contributed by atoms with Crippen LogP contribution in [0.25, 0.3) is 0 Å². The van der Waals surface area contributed by atoms with E-state index < -0.39 is 0 Å². The van der Waals surface area contributed by atoms with E-state index in [0.717, 1.165) is 5.56 Å². The Morgan fingerprint density at radius 1 is 1.31 bits per heavy atom. The maximum atomic E-state index is 13.1. The topological polar surface area (TPSA) is 110 Å². The molecule has 0 atom stereocenters. The van der Waals surface area contributed by atoms with Crippen LogP contribution in [0.5, 0.6) is 5.75 Å². The van der Waals surface area contributed by atoms with Crippen LogP contribution in [0.15, 0.2) is 42.7 Å². The Kier molecular flexibility index (Phi) is 5.07. The molecule has 0 aliphatic rings. The Hall–Kier alpha value is -3.49. The van der Waals surface area contributed by atoms with Gasteiger partial charge < -0.3 is 15.4 Å². The Morgan fingerprint density at radius 2 is 2.08 bits per heavy atom. The molecule has 1 amide bonds. The van der Waals surface area contributed by atoms with E-state index in [1.807, 2.05) is 0 Å². The van der Waals surface area contributed by atoms with Gasteiger partial charge in [0.2, 0.25) is 5.95 Å². The van der Waals surface area contributed by atoms with Crippen molar-refractivity contribution in [3.05, 3.63) is 65.5 Å². The molecule has 0 spiro atoms. The zero-order valence-electron chi connectivity index (χ0n) is 14.0. The lowest BCUT2D eigenvalue weighted by Gasteiger charge is -2.15. The number of benzene rings is 1. The number of hydrogen-bond donors (Lipinski definition) is 2. The van der Waals surface area contributed by atoms with Crippen molar-refractivity contribution in [1.29, 1.82) is 0 Å². The average Bonchev–Trinajstić information content (AvgIpc) is 3.10. The highest BCUT2D eigenvalue weighted by Crippen LogP contribution is 2.14. The number of amides is 1. The predicted molar refractivity (Wildman–Crippen MR) is 91.6 cm³/mol. The molecule has 2 heterocycles. The second-order valence-electron chi connectivity index (χ2n) is 5.64. The molecule has 0 aliphatic carbocycles. The fraction of sp³-hybridized carbons (Fsp3) is 0.176. The third kappa shape index (κ3) is 4.32. The zero-order valence-corrected chi connectivity index (χ0v) is 14.0. The van der Waals surface area contributed by atoms with Crippen molar-refractivity contribution in [2.24, 2.45) is 0 Å². The summed E-state index contributed by atoms with van der Waals surface area (Å²) in [5.41, 5.74) is 7.04. The van der Waals surface area contributed by atoms with Gasteiger partial charge in [-0.05, 0) is 18.2 Å². The first-order valence-electron chi connectivity index (χ1n) is 7.76. The van der Waals surface area contributed by atoms with Gasteiger partial charge in [-0.25, -0.2) is 14.4 Å². The van der Waals surface area contributed by atoms with Crippen LogP contribution in [-0.2, 0) is 13.2 Å². The highest BCUT2D eigenvalue weighted by atomic mass is 19.1. The smallest absolute Gasteiger partial charge is 0.274 e. The van der Waals surface area contributed by atoms with Crippen molar-refractivity contribution in [2.75, 3.05) is 12.8 Å². The first-order valence-corrected chi connectivity index (χ1v) is 7.76. The minimum Gasteiger partial charge on any atom is -0.487 e. The summed E-state index contributed by atoms with van der Waals surface area (Å²) in [7, 11) is 1.65. The lowest BCUT2D eigenvalue weighted by Crippen LogP contribution is -2.26. The van der Waals surface area contributed by atoms with E-state index >= 15 is 0 Å². The van der Waals surface area contributed by atoms with Gasteiger partial charge in [0.15, 0.2) is 5.69 Å². The molecule has 0 fully saturated rings. The second-order valence-corrected chi connectivity index (χ2v) is 5.64. The molecule has 3 rings (SSSR count). The Labute approximate surface area is 148 Å². The number of halogens is 1. The van der Waals surface area contributed by atoms with Crippen LogP contribution in [0.4, 0.5) is 10.3 Å². The summed E-state index contributed by atoms with van der Waals surface area (Å²) in [6, 6.07) is 7.42. The fourth-order valence-electron chi connectivity index (χ4n) is 2.25. The summed E-state index contributed by atoms with van der Waals surface area (Å²) in [6.45, 7) is 0.459. The number of aromatic amines is 1. The Balaban J connectivity index is 1.59. The molecule has 0 radical (unpaired) electrons. The molecule has 2 aromatic heterocycles. The zero-order chi connectivity index (χ0) is 18.5. The number of aromatic nitrogens is 4. The number of carbonyl (C=O) groups excluding carboxylic acids is 1. The lowest BCUT2D eigenvalue weighted by molar-refractivity contribution is 0.0779. The number of rotatable bonds is 6. The largest absolute Gasteiger partial charge is 0.487 e. The monoisotopic (exact) mass is 356 g/mol. The van der Waals surface area contributed by atoms with E-state index in [1.54, 1.807) is 37.6 Å². The second kappa shape index (κ2) is 7.60. The maximum absolute atomic E-state index is 13.1. The number of hydrogen-bond acceptors (Lipinski definition) is 6. The van der Waals surface area contributed by atoms with Gasteiger partial charge in [-0.3, -0.25) is 9.89 Å². The molecule has 26 heavy (non-hydrogen) atoms. The molecule has 134 valence electrons. The van der Waals surface area contributed by atoms with E-state index in [-0.39, 0.29) is 30.0 Å². The van der Waals surface area contributed by atoms with Gasteiger partial charge >= 0.3 is 0 Å². The number of nitrogens with zero attached hydrogens (tertiary/aromatic N) is 4. The normalized spacial score (nSPS) is 10.5. The number of ether oxygens (including phenoxy) is 1. The van der Waals surface area contributed by atoms with Crippen LogP contribution in [-0.4, -0.2) is 38.0 Å². The minimum absolute atomic E-state index is 0.138. The molecule has 0 saturated carbocycles. The van der Waals surface area contributed by atoms with Crippen LogP contribution in [0, 0.1) is 5.82 Å². The minimum atomic E-state index is -0.378. The van der Waals surface area contributed by atoms with Gasteiger partial charge in [0.1, 0.15) is 18.2 Å². The maximum Gasteiger partial charge on any atom is 0.274 e. The van der Waals surface area contributed by atoms with E-state index in [1.165, 1.54) is 17.0 Å². The molecule has 0 bridgehead atoms. The molecule has 9 heteroatoms. The summed E-state index contributed by atoms with van der Waals surface area (Å²) in [6.07, 6.45) is 3.13. The van der Waals surface area contributed by atoms with Crippen molar-refractivity contribution in [3.8, 4) is 5.75 Å². The van der Waals surface area contributed by atoms with Crippen LogP contribution in [0.1, 0.15) is 21.7 Å². The van der Waals surface area contributed by atoms with Gasteiger partial charge in [-0.2, -0.15) is 5.10 Å². The van der Waals surface area contributed by atoms with Crippen LogP contribution in [0.2, 0.25) is 0 Å². The molecule has 0 aliphatic heterocycles. The first kappa shape index (κ1) is 17.3. The number of nitrogen functional groups attached to an aromatic ring is 1. The fourth-order valence-corrected chi connectivity index (χ4v) is 2.25. The van der Waals surface area contributed by atoms with Gasteiger partial charge in [-0.1, -0.05) is 6.07 Å². The summed E-state index contributed by atoms with van der Waals surface area (Å²) in [4.78, 5) is 21.7. The quantitative estimate of drug-likeness (QED) is 0.696. The molecular weight excluding hydrogens is 339 g/mol. The lowest BCUT2D eigenvalue weighted by atomic mass is 10.3. The number of H-pyrrole nitrogens is 1. The van der Waals surface area contributed by atoms with Gasteiger partial charge in [0.25, 0.3) is 5.91 Å². The van der Waals surface area contributed by atoms with E-state index in [9.17, 15) is 9.18 Å². The third-order valence-corrected chi connectivity index (χ3v) is 3.53. The van der Waals surface area contributed by atoms with E-state index in [2.05, 4.69) is 20.2 Å². The van der Waals surface area contributed by atoms with Crippen molar-refractivity contribution in [3.63, 3.8) is 0 Å². The highest BCUT2D eigenvalue weighted by Gasteiger charge is 2.16. The Bertz CT molecular complexity index is 896. The molecule has 8 nitrogen and oxygen atoms in total. The molecule has 0 unspecified atom stereocenters. The SMILES string of the molecule is CN(Cc1cnc(N)nc1)C(=O)c1cc(COc2cccc(F)c2)[nH]n1. The van der Waals surface area contributed by atoms with E-state index in [4.69, 9.17) is 10.5 Å². The van der Waals surface area contributed by atoms with Crippen molar-refractivity contribution < 1.29 is 13.9 Å². The molecular formula is C17H17FN6O2. The molecule has 3 aromatic rings. The molecule has 0 saturated heterocycles. The van der Waals surface area contributed by atoms with Crippen LogP contribution >= 0.6 is 0 Å². The van der Waals surface area contributed by atoms with Crippen LogP contribution in [0.3, 0.4) is 0 Å². The van der Waals surface area contributed by atoms with Crippen LogP contribution < -0.4 is 10.5 Å². The molecule has 1 aromatic carbocycles. The summed E-state index contributed by atoms with van der Waals surface area (Å²) < 4.78 is 18.6. The summed E-state index contributed by atoms with van der Waals surface area (Å²) >= 11 is 0. The number of anilines is 1. The summed E-state index contributed by atoms with van der Waals surface area (Å²) in [5, 5.41) is 6.74. The standard InChI is InChI=1S/C17H17FN6O2/c1-24(9-11-7-20-17(19)21-8-11)16(25)15-6-13(22-23-15)10-26-14-4-2-3-12(18)5-14/h2-8H,9-10H2,1H3,(H,22,23)(H2,19,20,21). The Morgan fingerprint density at radius 3 is 2.81 bits per heavy atom. The van der Waals surface area contributed by atoms with Gasteiger partial charge in [-0.15, -0.1) is 0 Å². The number of nitrogens with one attached hydrogen (secondary N) is 1. The van der Waals surface area contributed by atoms with Crippen molar-refractivity contribution >= 4 is 11.9 Å². The van der Waals surface area contributed by atoms with Gasteiger partial charge in [0, 0.05) is 37.6 Å². The highest BCUT2D eigenvalue weighted by molar-refractivity contribution is 5.92. The number of carbonyl (C=O) groups is 1. The predicted octanol–water partition coefficient (Wildman–Crippen LogP) is 1.77. The van der Waals surface area contributed by atoms with Crippen molar-refractivity contribution in [2.45, 2.75) is 13.2 Å². The average molecular weight is 356 g/mol. The molecule has 3 N–H and O–H groups in total. The third-order valence-electron chi connectivity index (χ3n) is 3.53. The number of nitrogens with two attached hydrogens (primary N) is 1. The van der Waals surface area contributed by atoms with E-state index in [0.29, 0.717) is 18.0 Å². The van der Waals surface area contributed by atoms with Gasteiger partial charge in [0.05, 0.1) is 5.69 Å². The first-order chi connectivity index (χ1) is 12.5. The summed E-state index contributed by atoms with van der Waals surface area (Å²) in [5.74, 6) is -0.0720. The van der Waals surface area contributed by atoms with Crippen molar-refractivity contribution in [1.82, 2.24) is 25.1 Å².